The molecule has 94 valence electrons. The number of methoxy groups -OCH3 is 1. The molecular weight excluding hydrogens is 238 g/mol. The van der Waals surface area contributed by atoms with Crippen LogP contribution in [0.5, 0.6) is 0 Å². The van der Waals surface area contributed by atoms with E-state index in [1.54, 1.807) is 7.11 Å². The van der Waals surface area contributed by atoms with Gasteiger partial charge in [-0.05, 0) is 12.8 Å². The highest BCUT2D eigenvalue weighted by Crippen LogP contribution is 2.40. The quantitative estimate of drug-likeness (QED) is 0.803. The Morgan fingerprint density at radius 1 is 1.76 bits per heavy atom. The number of carbonyl (C=O) groups excluding carboxylic acids is 1. The van der Waals surface area contributed by atoms with Gasteiger partial charge in [0, 0.05) is 25.0 Å². The van der Waals surface area contributed by atoms with Crippen molar-refractivity contribution in [2.24, 2.45) is 5.73 Å². The minimum Gasteiger partial charge on any atom is -0.380 e. The molecule has 3 N–H and O–H groups in total. The van der Waals surface area contributed by atoms with E-state index in [1.165, 1.54) is 24.2 Å². The van der Waals surface area contributed by atoms with Crippen molar-refractivity contribution in [1.29, 1.82) is 0 Å². The molecule has 0 bridgehead atoms. The highest BCUT2D eigenvalue weighted by atomic mass is 32.1. The number of anilines is 1. The summed E-state index contributed by atoms with van der Waals surface area (Å²) in [5.41, 5.74) is 6.56. The van der Waals surface area contributed by atoms with Crippen molar-refractivity contribution in [2.45, 2.75) is 31.3 Å². The van der Waals surface area contributed by atoms with E-state index >= 15 is 0 Å². The summed E-state index contributed by atoms with van der Waals surface area (Å²) in [4.78, 5) is 16.0. The second-order valence-corrected chi connectivity index (χ2v) is 5.06. The van der Waals surface area contributed by atoms with Gasteiger partial charge >= 0.3 is 0 Å². The fourth-order valence-corrected chi connectivity index (χ4v) is 2.36. The summed E-state index contributed by atoms with van der Waals surface area (Å²) in [5, 5.41) is 5.47. The van der Waals surface area contributed by atoms with E-state index in [4.69, 9.17) is 10.5 Å². The minimum absolute atomic E-state index is 0.0982. The average Bonchev–Trinajstić information content (AvgIpc) is 3.08. The van der Waals surface area contributed by atoms with Gasteiger partial charge < -0.3 is 15.8 Å². The van der Waals surface area contributed by atoms with Crippen molar-refractivity contribution in [3.8, 4) is 0 Å². The summed E-state index contributed by atoms with van der Waals surface area (Å²) in [5.74, 6) is 0.520. The standard InChI is InChI=1S/C11H17N3O2S/c1-16-8(5-12)4-10(15)14-11-13-9(6-17-11)7-2-3-7/h6-8H,2-5,12H2,1H3,(H,13,14,15). The zero-order chi connectivity index (χ0) is 12.3. The molecule has 1 fully saturated rings. The Kier molecular flexibility index (Phi) is 4.09. The molecule has 1 amide bonds. The van der Waals surface area contributed by atoms with Crippen LogP contribution in [0.25, 0.3) is 0 Å². The molecule has 1 heterocycles. The zero-order valence-corrected chi connectivity index (χ0v) is 10.6. The van der Waals surface area contributed by atoms with Gasteiger partial charge in [0.05, 0.1) is 18.2 Å². The number of hydrogen-bond acceptors (Lipinski definition) is 5. The molecule has 0 saturated heterocycles. The summed E-state index contributed by atoms with van der Waals surface area (Å²) >= 11 is 1.47. The van der Waals surface area contributed by atoms with Gasteiger partial charge in [-0.15, -0.1) is 11.3 Å². The molecule has 1 saturated carbocycles. The van der Waals surface area contributed by atoms with Gasteiger partial charge in [0.2, 0.25) is 5.91 Å². The van der Waals surface area contributed by atoms with E-state index in [2.05, 4.69) is 10.3 Å². The summed E-state index contributed by atoms with van der Waals surface area (Å²) in [6.45, 7) is 0.342. The number of nitrogens with two attached hydrogens (primary N) is 1. The van der Waals surface area contributed by atoms with Gasteiger partial charge in [-0.1, -0.05) is 0 Å². The lowest BCUT2D eigenvalue weighted by atomic mass is 10.2. The van der Waals surface area contributed by atoms with E-state index in [0.29, 0.717) is 17.6 Å². The maximum Gasteiger partial charge on any atom is 0.228 e. The molecule has 1 aromatic heterocycles. The molecule has 1 aromatic rings. The Labute approximate surface area is 104 Å². The summed E-state index contributed by atoms with van der Waals surface area (Å²) in [6.07, 6.45) is 2.48. The first-order valence-corrected chi connectivity index (χ1v) is 6.59. The zero-order valence-electron chi connectivity index (χ0n) is 9.81. The fourth-order valence-electron chi connectivity index (χ4n) is 1.55. The molecular formula is C11H17N3O2S. The number of ether oxygens (including phenoxy) is 1. The molecule has 1 aliphatic rings. The van der Waals surface area contributed by atoms with Gasteiger partial charge in [0.1, 0.15) is 0 Å². The fraction of sp³-hybridized carbons (Fsp3) is 0.636. The van der Waals surface area contributed by atoms with Crippen LogP contribution in [0.4, 0.5) is 5.13 Å². The molecule has 1 atom stereocenters. The predicted octanol–water partition coefficient (Wildman–Crippen LogP) is 1.32. The van der Waals surface area contributed by atoms with Crippen LogP contribution in [0, 0.1) is 0 Å². The van der Waals surface area contributed by atoms with Crippen molar-refractivity contribution in [3.05, 3.63) is 11.1 Å². The SMILES string of the molecule is COC(CN)CC(=O)Nc1nc(C2CC2)cs1. The van der Waals surface area contributed by atoms with E-state index in [1.807, 2.05) is 5.38 Å². The lowest BCUT2D eigenvalue weighted by Gasteiger charge is -2.11. The third-order valence-corrected chi connectivity index (χ3v) is 3.55. The number of carbonyl (C=O) groups is 1. The normalized spacial score (nSPS) is 16.8. The van der Waals surface area contributed by atoms with Gasteiger partial charge in [0.25, 0.3) is 0 Å². The van der Waals surface area contributed by atoms with E-state index in [0.717, 1.165) is 5.69 Å². The smallest absolute Gasteiger partial charge is 0.228 e. The van der Waals surface area contributed by atoms with Crippen molar-refractivity contribution in [2.75, 3.05) is 19.0 Å². The Morgan fingerprint density at radius 2 is 2.53 bits per heavy atom. The Balaban J connectivity index is 1.84. The van der Waals surface area contributed by atoms with Crippen molar-refractivity contribution >= 4 is 22.4 Å². The molecule has 6 heteroatoms. The van der Waals surface area contributed by atoms with Crippen molar-refractivity contribution < 1.29 is 9.53 Å². The highest BCUT2D eigenvalue weighted by Gasteiger charge is 2.26. The number of amides is 1. The molecule has 0 spiro atoms. The maximum absolute atomic E-state index is 11.7. The van der Waals surface area contributed by atoms with Gasteiger partial charge in [0.15, 0.2) is 5.13 Å². The average molecular weight is 255 g/mol. The summed E-state index contributed by atoms with van der Waals surface area (Å²) in [6, 6.07) is 0. The number of thiazole rings is 1. The predicted molar refractivity (Wildman–Crippen MR) is 67.2 cm³/mol. The topological polar surface area (TPSA) is 77.2 Å². The number of nitrogens with one attached hydrogen (secondary N) is 1. The van der Waals surface area contributed by atoms with Crippen molar-refractivity contribution in [3.63, 3.8) is 0 Å². The Bertz CT molecular complexity index is 386. The molecule has 5 nitrogen and oxygen atoms in total. The van der Waals surface area contributed by atoms with Crippen LogP contribution in [0.3, 0.4) is 0 Å². The minimum atomic E-state index is -0.224. The first-order chi connectivity index (χ1) is 8.22. The first-order valence-electron chi connectivity index (χ1n) is 5.71. The summed E-state index contributed by atoms with van der Waals surface area (Å²) < 4.78 is 5.06. The van der Waals surface area contributed by atoms with Gasteiger partial charge in [-0.25, -0.2) is 4.98 Å². The highest BCUT2D eigenvalue weighted by molar-refractivity contribution is 7.13. The maximum atomic E-state index is 11.7. The Hall–Kier alpha value is -0.980. The summed E-state index contributed by atoms with van der Waals surface area (Å²) in [7, 11) is 1.55. The number of rotatable bonds is 6. The van der Waals surface area contributed by atoms with Crippen LogP contribution in [0.15, 0.2) is 5.38 Å². The van der Waals surface area contributed by atoms with Crippen LogP contribution in [0.2, 0.25) is 0 Å². The molecule has 17 heavy (non-hydrogen) atoms. The second-order valence-electron chi connectivity index (χ2n) is 4.20. The lowest BCUT2D eigenvalue weighted by molar-refractivity contribution is -0.118. The largest absolute Gasteiger partial charge is 0.380 e. The lowest BCUT2D eigenvalue weighted by Crippen LogP contribution is -2.28. The first kappa shape index (κ1) is 12.5. The second kappa shape index (κ2) is 5.57. The van der Waals surface area contributed by atoms with Gasteiger partial charge in [-0.3, -0.25) is 4.79 Å². The Morgan fingerprint density at radius 3 is 3.12 bits per heavy atom. The molecule has 0 radical (unpaired) electrons. The molecule has 2 rings (SSSR count). The number of aromatic nitrogens is 1. The van der Waals surface area contributed by atoms with Crippen LogP contribution in [0.1, 0.15) is 30.9 Å². The van der Waals surface area contributed by atoms with Crippen LogP contribution in [-0.4, -0.2) is 30.6 Å². The molecule has 0 aromatic carbocycles. The van der Waals surface area contributed by atoms with Crippen LogP contribution in [-0.2, 0) is 9.53 Å². The van der Waals surface area contributed by atoms with E-state index in [-0.39, 0.29) is 18.4 Å². The third-order valence-electron chi connectivity index (χ3n) is 2.77. The van der Waals surface area contributed by atoms with E-state index in [9.17, 15) is 4.79 Å². The number of nitrogens with zero attached hydrogens (tertiary/aromatic N) is 1. The third kappa shape index (κ3) is 3.49. The van der Waals surface area contributed by atoms with Gasteiger partial charge in [-0.2, -0.15) is 0 Å². The van der Waals surface area contributed by atoms with Crippen LogP contribution >= 0.6 is 11.3 Å². The van der Waals surface area contributed by atoms with Crippen LogP contribution < -0.4 is 11.1 Å². The monoisotopic (exact) mass is 255 g/mol. The van der Waals surface area contributed by atoms with E-state index < -0.39 is 0 Å². The van der Waals surface area contributed by atoms with Crippen molar-refractivity contribution in [1.82, 2.24) is 4.98 Å². The molecule has 1 aliphatic carbocycles. The number of hydrogen-bond donors (Lipinski definition) is 2. The molecule has 1 unspecified atom stereocenters. The molecule has 0 aliphatic heterocycles.